The smallest absolute Gasteiger partial charge is 0.306 e. The van der Waals surface area contributed by atoms with Crippen LogP contribution < -0.4 is 5.32 Å². The van der Waals surface area contributed by atoms with E-state index in [0.29, 0.717) is 19.4 Å². The van der Waals surface area contributed by atoms with Crippen molar-refractivity contribution in [1.82, 2.24) is 5.32 Å². The molecule has 34 heavy (non-hydrogen) atoms. The maximum absolute atomic E-state index is 12.4. The van der Waals surface area contributed by atoms with Gasteiger partial charge in [-0.1, -0.05) is 83.8 Å². The van der Waals surface area contributed by atoms with Crippen molar-refractivity contribution in [1.29, 1.82) is 0 Å². The van der Waals surface area contributed by atoms with Gasteiger partial charge in [-0.15, -0.1) is 0 Å². The first-order valence-corrected chi connectivity index (χ1v) is 14.3. The average molecular weight is 482 g/mol. The van der Waals surface area contributed by atoms with Crippen LogP contribution in [0.25, 0.3) is 0 Å². The second-order valence-corrected chi connectivity index (χ2v) is 9.43. The number of nitrogens with one attached hydrogen (secondary N) is 1. The largest absolute Gasteiger partial charge is 0.462 e. The van der Waals surface area contributed by atoms with Gasteiger partial charge in [0.2, 0.25) is 0 Å². The van der Waals surface area contributed by atoms with Crippen molar-refractivity contribution in [3.05, 3.63) is 12.2 Å². The molecule has 0 saturated heterocycles. The number of esters is 2. The zero-order valence-electron chi connectivity index (χ0n) is 22.7. The summed E-state index contributed by atoms with van der Waals surface area (Å²) in [7, 11) is 0. The van der Waals surface area contributed by atoms with E-state index in [-0.39, 0.29) is 18.0 Å². The number of rotatable bonds is 25. The maximum atomic E-state index is 12.4. The van der Waals surface area contributed by atoms with E-state index in [1.165, 1.54) is 64.2 Å². The minimum absolute atomic E-state index is 0.0367. The van der Waals surface area contributed by atoms with Crippen molar-refractivity contribution in [3.63, 3.8) is 0 Å². The molecular weight excluding hydrogens is 426 g/mol. The van der Waals surface area contributed by atoms with Crippen molar-refractivity contribution >= 4 is 11.9 Å². The van der Waals surface area contributed by atoms with E-state index in [9.17, 15) is 9.59 Å². The Kier molecular flexibility index (Phi) is 25.2. The van der Waals surface area contributed by atoms with Gasteiger partial charge in [-0.05, 0) is 65.0 Å². The molecule has 0 rings (SSSR count). The van der Waals surface area contributed by atoms with Crippen LogP contribution in [-0.4, -0.2) is 37.7 Å². The molecule has 0 aliphatic carbocycles. The Morgan fingerprint density at radius 2 is 1.26 bits per heavy atom. The number of carbonyl (C=O) groups is 2. The van der Waals surface area contributed by atoms with Crippen LogP contribution in [0.1, 0.15) is 136 Å². The molecule has 5 nitrogen and oxygen atoms in total. The number of allylic oxidation sites excluding steroid dienone is 1. The van der Waals surface area contributed by atoms with E-state index in [1.54, 1.807) is 0 Å². The van der Waals surface area contributed by atoms with Crippen LogP contribution in [0.2, 0.25) is 0 Å². The summed E-state index contributed by atoms with van der Waals surface area (Å²) in [4.78, 5) is 23.9. The fraction of sp³-hybridized carbons (Fsp3) is 0.862. The fourth-order valence-electron chi connectivity index (χ4n) is 3.95. The van der Waals surface area contributed by atoms with E-state index >= 15 is 0 Å². The summed E-state index contributed by atoms with van der Waals surface area (Å²) in [6.45, 7) is 8.51. The first-order valence-electron chi connectivity index (χ1n) is 14.3. The minimum atomic E-state index is -0.121. The Labute approximate surface area is 210 Å². The summed E-state index contributed by atoms with van der Waals surface area (Å²) in [5, 5.41) is 3.40. The van der Waals surface area contributed by atoms with Crippen molar-refractivity contribution in [2.24, 2.45) is 0 Å². The third-order valence-corrected chi connectivity index (χ3v) is 6.10. The molecule has 0 heterocycles. The number of ether oxygens (including phenoxy) is 2. The Bertz CT molecular complexity index is 479. The van der Waals surface area contributed by atoms with Gasteiger partial charge in [0.05, 0.1) is 0 Å². The van der Waals surface area contributed by atoms with Gasteiger partial charge in [0.15, 0.2) is 0 Å². The molecule has 0 aromatic heterocycles. The summed E-state index contributed by atoms with van der Waals surface area (Å²) in [6.07, 6.45) is 23.1. The maximum Gasteiger partial charge on any atom is 0.306 e. The standard InChI is InChI=1S/C29H55NO4/c1-4-7-10-12-15-20-27(21-16-13-11-8-5-2)34-29(32)23-19-25-30-24-18-14-17-22-28(31)33-26-9-6-3/h6,9,27,30H,4-5,7-8,10-26H2,1-3H3/b9-6-. The van der Waals surface area contributed by atoms with Gasteiger partial charge < -0.3 is 14.8 Å². The zero-order chi connectivity index (χ0) is 25.1. The predicted molar refractivity (Wildman–Crippen MR) is 143 cm³/mol. The van der Waals surface area contributed by atoms with Crippen LogP contribution in [0, 0.1) is 0 Å². The molecule has 0 spiro atoms. The predicted octanol–water partition coefficient (Wildman–Crippen LogP) is 7.67. The summed E-state index contributed by atoms with van der Waals surface area (Å²) in [5.41, 5.74) is 0. The Morgan fingerprint density at radius 3 is 1.88 bits per heavy atom. The third kappa shape index (κ3) is 23.8. The zero-order valence-corrected chi connectivity index (χ0v) is 22.7. The van der Waals surface area contributed by atoms with Crippen LogP contribution in [0.4, 0.5) is 0 Å². The molecular formula is C29H55NO4. The topological polar surface area (TPSA) is 64.6 Å². The van der Waals surface area contributed by atoms with E-state index in [1.807, 2.05) is 19.1 Å². The third-order valence-electron chi connectivity index (χ3n) is 6.10. The first-order chi connectivity index (χ1) is 16.6. The summed E-state index contributed by atoms with van der Waals surface area (Å²) in [6, 6.07) is 0. The lowest BCUT2D eigenvalue weighted by atomic mass is 10.0. The first kappa shape index (κ1) is 32.6. The van der Waals surface area contributed by atoms with E-state index in [2.05, 4.69) is 19.2 Å². The molecule has 0 aromatic carbocycles. The molecule has 0 fully saturated rings. The molecule has 0 atom stereocenters. The van der Waals surface area contributed by atoms with Crippen molar-refractivity contribution in [2.45, 2.75) is 142 Å². The van der Waals surface area contributed by atoms with Gasteiger partial charge in [0.25, 0.3) is 0 Å². The van der Waals surface area contributed by atoms with Gasteiger partial charge in [-0.2, -0.15) is 0 Å². The van der Waals surface area contributed by atoms with Gasteiger partial charge in [0.1, 0.15) is 12.7 Å². The molecule has 1 N–H and O–H groups in total. The second kappa shape index (κ2) is 26.2. The molecule has 0 amide bonds. The van der Waals surface area contributed by atoms with Gasteiger partial charge in [-0.3, -0.25) is 9.59 Å². The van der Waals surface area contributed by atoms with Crippen LogP contribution >= 0.6 is 0 Å². The van der Waals surface area contributed by atoms with Crippen LogP contribution in [0.5, 0.6) is 0 Å². The lowest BCUT2D eigenvalue weighted by Gasteiger charge is -2.18. The van der Waals surface area contributed by atoms with E-state index in [4.69, 9.17) is 9.47 Å². The number of hydrogen-bond acceptors (Lipinski definition) is 5. The SMILES string of the molecule is C/C=C\COC(=O)CCCCCNCCCC(=O)OC(CCCCCCC)CCCCCCC. The van der Waals surface area contributed by atoms with Crippen molar-refractivity contribution in [3.8, 4) is 0 Å². The minimum Gasteiger partial charge on any atom is -0.462 e. The molecule has 0 bridgehead atoms. The van der Waals surface area contributed by atoms with E-state index in [0.717, 1.165) is 51.6 Å². The highest BCUT2D eigenvalue weighted by atomic mass is 16.5. The summed E-state index contributed by atoms with van der Waals surface area (Å²) >= 11 is 0. The van der Waals surface area contributed by atoms with E-state index < -0.39 is 0 Å². The fourth-order valence-corrected chi connectivity index (χ4v) is 3.95. The molecule has 0 aliphatic heterocycles. The van der Waals surface area contributed by atoms with Crippen LogP contribution in [0.3, 0.4) is 0 Å². The number of hydrogen-bond donors (Lipinski definition) is 1. The second-order valence-electron chi connectivity index (χ2n) is 9.43. The van der Waals surface area contributed by atoms with Crippen LogP contribution in [0.15, 0.2) is 12.2 Å². The molecule has 200 valence electrons. The Morgan fingerprint density at radius 1 is 0.706 bits per heavy atom. The van der Waals surface area contributed by atoms with Gasteiger partial charge in [-0.25, -0.2) is 0 Å². The molecule has 0 unspecified atom stereocenters. The molecule has 0 saturated carbocycles. The van der Waals surface area contributed by atoms with Gasteiger partial charge >= 0.3 is 11.9 Å². The lowest BCUT2D eigenvalue weighted by molar-refractivity contribution is -0.150. The monoisotopic (exact) mass is 481 g/mol. The Balaban J connectivity index is 3.84. The molecule has 0 aromatic rings. The molecule has 0 aliphatic rings. The lowest BCUT2D eigenvalue weighted by Crippen LogP contribution is -2.21. The highest BCUT2D eigenvalue weighted by Crippen LogP contribution is 2.17. The van der Waals surface area contributed by atoms with Crippen molar-refractivity contribution in [2.75, 3.05) is 19.7 Å². The highest BCUT2D eigenvalue weighted by molar-refractivity contribution is 5.69. The van der Waals surface area contributed by atoms with Crippen molar-refractivity contribution < 1.29 is 19.1 Å². The Hall–Kier alpha value is -1.36. The highest BCUT2D eigenvalue weighted by Gasteiger charge is 2.14. The van der Waals surface area contributed by atoms with Gasteiger partial charge in [0, 0.05) is 12.8 Å². The number of carbonyl (C=O) groups excluding carboxylic acids is 2. The quantitative estimate of drug-likeness (QED) is 0.0823. The van der Waals surface area contributed by atoms with Crippen LogP contribution in [-0.2, 0) is 19.1 Å². The average Bonchev–Trinajstić information content (AvgIpc) is 2.82. The normalized spacial score (nSPS) is 11.4. The summed E-state index contributed by atoms with van der Waals surface area (Å²) in [5.74, 6) is -0.157. The summed E-state index contributed by atoms with van der Waals surface area (Å²) < 4.78 is 10.9. The molecule has 5 heteroatoms. The number of unbranched alkanes of at least 4 members (excludes halogenated alkanes) is 10. The molecule has 0 radical (unpaired) electrons.